The molecule has 8 heteroatoms. The molecule has 0 unspecified atom stereocenters. The zero-order chi connectivity index (χ0) is 13.9. The summed E-state index contributed by atoms with van der Waals surface area (Å²) in [7, 11) is 1.25. The largest absolute Gasteiger partial charge is 0.462 e. The molecule has 0 heterocycles. The topological polar surface area (TPSA) is 60.4 Å². The lowest BCUT2D eigenvalue weighted by molar-refractivity contribution is 0.0505. The van der Waals surface area contributed by atoms with Gasteiger partial charge in [0, 0.05) is 10.7 Å². The number of carbonyl (C=O) groups is 1. The van der Waals surface area contributed by atoms with Crippen molar-refractivity contribution in [2.45, 2.75) is 18.2 Å². The summed E-state index contributed by atoms with van der Waals surface area (Å²) in [6.07, 6.45) is 0.663. The predicted molar refractivity (Wildman–Crippen MR) is 72.8 cm³/mol. The minimum atomic E-state index is -4.00. The van der Waals surface area contributed by atoms with E-state index < -0.39 is 15.0 Å². The van der Waals surface area contributed by atoms with Gasteiger partial charge >= 0.3 is 5.97 Å². The van der Waals surface area contributed by atoms with Crippen molar-refractivity contribution >= 4 is 53.2 Å². The number of carbonyl (C=O) groups excluding carboxylic acids is 1. The predicted octanol–water partition coefficient (Wildman–Crippen LogP) is 3.60. The van der Waals surface area contributed by atoms with Crippen molar-refractivity contribution in [1.29, 1.82) is 0 Å². The van der Waals surface area contributed by atoms with Crippen LogP contribution in [0.25, 0.3) is 0 Å². The number of halogens is 3. The average Bonchev–Trinajstić information content (AvgIpc) is 2.27. The molecule has 0 saturated heterocycles. The maximum atomic E-state index is 11.6. The summed E-state index contributed by atoms with van der Waals surface area (Å²) in [6, 6.07) is 2.44. The molecule has 0 amide bonds. The molecule has 100 valence electrons. The van der Waals surface area contributed by atoms with Gasteiger partial charge in [0.2, 0.25) is 0 Å². The molecular formula is C10H9BrCl2O4S. The Labute approximate surface area is 123 Å². The molecule has 0 bridgehead atoms. The number of rotatable bonds is 4. The SMILES string of the molecule is CCCOC(=O)c1cc(Cl)c(Br)c(S(=O)(=O)Cl)c1. The van der Waals surface area contributed by atoms with Gasteiger partial charge in [-0.3, -0.25) is 0 Å². The Balaban J connectivity index is 3.25. The minimum Gasteiger partial charge on any atom is -0.462 e. The van der Waals surface area contributed by atoms with Gasteiger partial charge in [-0.1, -0.05) is 18.5 Å². The zero-order valence-electron chi connectivity index (χ0n) is 9.24. The summed E-state index contributed by atoms with van der Waals surface area (Å²) in [4.78, 5) is 11.3. The molecule has 0 radical (unpaired) electrons. The van der Waals surface area contributed by atoms with Crippen LogP contribution in [0.4, 0.5) is 0 Å². The van der Waals surface area contributed by atoms with Crippen LogP contribution in [0, 0.1) is 0 Å². The van der Waals surface area contributed by atoms with E-state index in [9.17, 15) is 13.2 Å². The molecule has 0 aliphatic carbocycles. The lowest BCUT2D eigenvalue weighted by Crippen LogP contribution is -2.07. The van der Waals surface area contributed by atoms with Gasteiger partial charge in [-0.25, -0.2) is 13.2 Å². The normalized spacial score (nSPS) is 11.3. The summed E-state index contributed by atoms with van der Waals surface area (Å²) in [6.45, 7) is 2.09. The van der Waals surface area contributed by atoms with Crippen LogP contribution in [0.3, 0.4) is 0 Å². The van der Waals surface area contributed by atoms with Gasteiger partial charge in [0.1, 0.15) is 0 Å². The monoisotopic (exact) mass is 374 g/mol. The summed E-state index contributed by atoms with van der Waals surface area (Å²) >= 11 is 8.83. The quantitative estimate of drug-likeness (QED) is 0.595. The Hall–Kier alpha value is -0.300. The lowest BCUT2D eigenvalue weighted by atomic mass is 10.2. The van der Waals surface area contributed by atoms with Crippen molar-refractivity contribution in [3.63, 3.8) is 0 Å². The third-order valence-corrected chi connectivity index (χ3v) is 4.92. The van der Waals surface area contributed by atoms with Crippen LogP contribution >= 0.6 is 38.2 Å². The maximum Gasteiger partial charge on any atom is 0.338 e. The number of benzene rings is 1. The van der Waals surface area contributed by atoms with Crippen molar-refractivity contribution < 1.29 is 17.9 Å². The molecule has 0 aromatic heterocycles. The van der Waals surface area contributed by atoms with Gasteiger partial charge in [0.05, 0.1) is 26.6 Å². The van der Waals surface area contributed by atoms with E-state index in [0.717, 1.165) is 6.07 Å². The van der Waals surface area contributed by atoms with Crippen LogP contribution in [0.1, 0.15) is 23.7 Å². The fourth-order valence-electron chi connectivity index (χ4n) is 1.14. The first-order valence-corrected chi connectivity index (χ1v) is 8.36. The first-order chi connectivity index (χ1) is 8.27. The summed E-state index contributed by atoms with van der Waals surface area (Å²) in [5.41, 5.74) is 0.0378. The summed E-state index contributed by atoms with van der Waals surface area (Å²) < 4.78 is 27.6. The third kappa shape index (κ3) is 3.85. The Morgan fingerprint density at radius 1 is 1.44 bits per heavy atom. The first-order valence-electron chi connectivity index (χ1n) is 4.88. The van der Waals surface area contributed by atoms with E-state index in [0.29, 0.717) is 6.42 Å². The van der Waals surface area contributed by atoms with Gasteiger partial charge in [0.15, 0.2) is 0 Å². The maximum absolute atomic E-state index is 11.6. The molecule has 1 rings (SSSR count). The van der Waals surface area contributed by atoms with Gasteiger partial charge in [-0.05, 0) is 34.5 Å². The molecule has 1 aromatic carbocycles. The van der Waals surface area contributed by atoms with Crippen molar-refractivity contribution in [3.8, 4) is 0 Å². The molecule has 0 aliphatic rings. The highest BCUT2D eigenvalue weighted by molar-refractivity contribution is 9.10. The molecule has 18 heavy (non-hydrogen) atoms. The van der Waals surface area contributed by atoms with Gasteiger partial charge in [-0.15, -0.1) is 0 Å². The highest BCUT2D eigenvalue weighted by atomic mass is 79.9. The van der Waals surface area contributed by atoms with E-state index in [-0.39, 0.29) is 26.6 Å². The smallest absolute Gasteiger partial charge is 0.338 e. The fraction of sp³-hybridized carbons (Fsp3) is 0.300. The Morgan fingerprint density at radius 3 is 2.56 bits per heavy atom. The number of hydrogen-bond donors (Lipinski definition) is 0. The lowest BCUT2D eigenvalue weighted by Gasteiger charge is -2.07. The minimum absolute atomic E-state index is 0.0378. The van der Waals surface area contributed by atoms with Crippen LogP contribution in [-0.4, -0.2) is 21.0 Å². The van der Waals surface area contributed by atoms with E-state index in [1.165, 1.54) is 6.07 Å². The van der Waals surface area contributed by atoms with E-state index in [4.69, 9.17) is 27.0 Å². The van der Waals surface area contributed by atoms with Crippen LogP contribution in [-0.2, 0) is 13.8 Å². The van der Waals surface area contributed by atoms with Gasteiger partial charge < -0.3 is 4.74 Å². The third-order valence-electron chi connectivity index (χ3n) is 1.93. The Kier molecular flexibility index (Phi) is 5.46. The summed E-state index contributed by atoms with van der Waals surface area (Å²) in [5.74, 6) is -0.646. The second-order valence-corrected chi connectivity index (χ2v) is 7.08. The molecule has 0 N–H and O–H groups in total. The van der Waals surface area contributed by atoms with Gasteiger partial charge in [0.25, 0.3) is 9.05 Å². The number of hydrogen-bond acceptors (Lipinski definition) is 4. The molecular weight excluding hydrogens is 367 g/mol. The average molecular weight is 376 g/mol. The summed E-state index contributed by atoms with van der Waals surface area (Å²) in [5, 5.41) is 0.0696. The van der Waals surface area contributed by atoms with Crippen LogP contribution in [0.15, 0.2) is 21.5 Å². The highest BCUT2D eigenvalue weighted by Gasteiger charge is 2.21. The van der Waals surface area contributed by atoms with E-state index >= 15 is 0 Å². The standard InChI is InChI=1S/C10H9BrCl2O4S/c1-2-3-17-10(14)6-4-7(12)9(11)8(5-6)18(13,15)16/h4-5H,2-3H2,1H3. The number of esters is 1. The Bertz CT molecular complexity index is 571. The van der Waals surface area contributed by atoms with Crippen molar-refractivity contribution in [2.24, 2.45) is 0 Å². The van der Waals surface area contributed by atoms with Crippen LogP contribution < -0.4 is 0 Å². The second-order valence-electron chi connectivity index (χ2n) is 3.34. The van der Waals surface area contributed by atoms with Crippen LogP contribution in [0.5, 0.6) is 0 Å². The molecule has 0 saturated carbocycles. The molecule has 4 nitrogen and oxygen atoms in total. The molecule has 0 spiro atoms. The van der Waals surface area contributed by atoms with Crippen molar-refractivity contribution in [2.75, 3.05) is 6.61 Å². The van der Waals surface area contributed by atoms with Crippen molar-refractivity contribution in [3.05, 3.63) is 27.2 Å². The molecule has 0 aliphatic heterocycles. The first kappa shape index (κ1) is 15.8. The second kappa shape index (κ2) is 6.23. The Morgan fingerprint density at radius 2 is 2.06 bits per heavy atom. The highest BCUT2D eigenvalue weighted by Crippen LogP contribution is 2.33. The number of ether oxygens (including phenoxy) is 1. The zero-order valence-corrected chi connectivity index (χ0v) is 13.2. The van der Waals surface area contributed by atoms with E-state index in [1.54, 1.807) is 0 Å². The van der Waals surface area contributed by atoms with E-state index in [1.807, 2.05) is 6.92 Å². The van der Waals surface area contributed by atoms with Gasteiger partial charge in [-0.2, -0.15) is 0 Å². The molecule has 1 aromatic rings. The fourth-order valence-corrected chi connectivity index (χ4v) is 3.52. The van der Waals surface area contributed by atoms with Crippen molar-refractivity contribution in [1.82, 2.24) is 0 Å². The van der Waals surface area contributed by atoms with E-state index in [2.05, 4.69) is 15.9 Å². The molecule has 0 atom stereocenters. The van der Waals surface area contributed by atoms with Crippen LogP contribution in [0.2, 0.25) is 5.02 Å². The molecule has 0 fully saturated rings.